The van der Waals surface area contributed by atoms with Crippen LogP contribution < -0.4 is 9.62 Å². The number of oxazole rings is 1. The summed E-state index contributed by atoms with van der Waals surface area (Å²) >= 11 is 0. The topological polar surface area (TPSA) is 92.5 Å². The SMILES string of the molecule is CCN(c1ccccc1)S(=O)(=O)c1cccc(C(=O)Nc2ccc3oc(C)nc3c2)c1. The van der Waals surface area contributed by atoms with E-state index < -0.39 is 15.9 Å². The van der Waals surface area contributed by atoms with Crippen LogP contribution >= 0.6 is 0 Å². The molecule has 0 saturated heterocycles. The highest BCUT2D eigenvalue weighted by Crippen LogP contribution is 2.25. The fourth-order valence-corrected chi connectivity index (χ4v) is 4.85. The van der Waals surface area contributed by atoms with Crippen molar-refractivity contribution in [2.45, 2.75) is 18.7 Å². The third-order valence-corrected chi connectivity index (χ3v) is 6.67. The fourth-order valence-electron chi connectivity index (χ4n) is 3.33. The average molecular weight is 436 g/mol. The molecule has 1 amide bonds. The normalized spacial score (nSPS) is 11.4. The molecule has 0 aliphatic carbocycles. The van der Waals surface area contributed by atoms with Crippen LogP contribution in [0.3, 0.4) is 0 Å². The Bertz CT molecular complexity index is 1350. The number of benzene rings is 3. The van der Waals surface area contributed by atoms with Crippen molar-refractivity contribution in [3.05, 3.63) is 84.3 Å². The zero-order chi connectivity index (χ0) is 22.0. The number of hydrogen-bond acceptors (Lipinski definition) is 5. The lowest BCUT2D eigenvalue weighted by molar-refractivity contribution is 0.102. The molecule has 0 fully saturated rings. The Morgan fingerprint density at radius 3 is 2.55 bits per heavy atom. The van der Waals surface area contributed by atoms with E-state index in [-0.39, 0.29) is 17.0 Å². The fraction of sp³-hybridized carbons (Fsp3) is 0.130. The number of aryl methyl sites for hydroxylation is 1. The average Bonchev–Trinajstić information content (AvgIpc) is 3.14. The smallest absolute Gasteiger partial charge is 0.264 e. The maximum absolute atomic E-state index is 13.2. The number of carbonyl (C=O) groups is 1. The summed E-state index contributed by atoms with van der Waals surface area (Å²) in [5.74, 6) is 0.120. The summed E-state index contributed by atoms with van der Waals surface area (Å²) in [4.78, 5) is 17.1. The number of nitrogens with zero attached hydrogens (tertiary/aromatic N) is 2. The molecule has 1 N–H and O–H groups in total. The Labute approximate surface area is 180 Å². The zero-order valence-electron chi connectivity index (χ0n) is 17.1. The molecule has 0 aliphatic heterocycles. The van der Waals surface area contributed by atoms with Gasteiger partial charge in [-0.1, -0.05) is 24.3 Å². The highest BCUT2D eigenvalue weighted by atomic mass is 32.2. The van der Waals surface area contributed by atoms with Crippen molar-refractivity contribution in [2.75, 3.05) is 16.2 Å². The second-order valence-electron chi connectivity index (χ2n) is 6.90. The summed E-state index contributed by atoms with van der Waals surface area (Å²) < 4.78 is 33.2. The van der Waals surface area contributed by atoms with Crippen molar-refractivity contribution in [3.8, 4) is 0 Å². The Kier molecular flexibility index (Phi) is 5.48. The van der Waals surface area contributed by atoms with Crippen LogP contribution in [0.4, 0.5) is 11.4 Å². The van der Waals surface area contributed by atoms with Gasteiger partial charge in [-0.15, -0.1) is 0 Å². The quantitative estimate of drug-likeness (QED) is 0.478. The molecule has 3 aromatic carbocycles. The molecule has 4 rings (SSSR count). The maximum atomic E-state index is 13.2. The molecule has 0 aliphatic rings. The highest BCUT2D eigenvalue weighted by Gasteiger charge is 2.24. The van der Waals surface area contributed by atoms with Crippen molar-refractivity contribution in [3.63, 3.8) is 0 Å². The van der Waals surface area contributed by atoms with Gasteiger partial charge in [-0.2, -0.15) is 0 Å². The largest absolute Gasteiger partial charge is 0.441 e. The zero-order valence-corrected chi connectivity index (χ0v) is 17.9. The van der Waals surface area contributed by atoms with E-state index in [0.717, 1.165) is 0 Å². The third-order valence-electron chi connectivity index (χ3n) is 4.77. The van der Waals surface area contributed by atoms with Crippen LogP contribution in [0.5, 0.6) is 0 Å². The Hall–Kier alpha value is -3.65. The number of amides is 1. The minimum absolute atomic E-state index is 0.0495. The summed E-state index contributed by atoms with van der Waals surface area (Å²) in [6.45, 7) is 3.78. The second-order valence-corrected chi connectivity index (χ2v) is 8.76. The number of nitrogens with one attached hydrogen (secondary N) is 1. The first-order chi connectivity index (χ1) is 14.9. The third kappa shape index (κ3) is 4.15. The van der Waals surface area contributed by atoms with Gasteiger partial charge in [0.1, 0.15) is 5.52 Å². The van der Waals surface area contributed by atoms with Crippen LogP contribution in [0.1, 0.15) is 23.2 Å². The lowest BCUT2D eigenvalue weighted by Gasteiger charge is -2.23. The minimum Gasteiger partial charge on any atom is -0.441 e. The highest BCUT2D eigenvalue weighted by molar-refractivity contribution is 7.92. The first kappa shape index (κ1) is 20.6. The predicted octanol–water partition coefficient (Wildman–Crippen LogP) is 4.60. The van der Waals surface area contributed by atoms with E-state index in [9.17, 15) is 13.2 Å². The van der Waals surface area contributed by atoms with Crippen molar-refractivity contribution in [2.24, 2.45) is 0 Å². The van der Waals surface area contributed by atoms with Crippen molar-refractivity contribution in [1.29, 1.82) is 0 Å². The number of hydrogen-bond donors (Lipinski definition) is 1. The van der Waals surface area contributed by atoms with Crippen LogP contribution in [0.2, 0.25) is 0 Å². The van der Waals surface area contributed by atoms with Crippen LogP contribution in [0.25, 0.3) is 11.1 Å². The second kappa shape index (κ2) is 8.23. The molecule has 8 heteroatoms. The number of anilines is 2. The number of carbonyl (C=O) groups excluding carboxylic acids is 1. The van der Waals surface area contributed by atoms with Gasteiger partial charge in [0.15, 0.2) is 11.5 Å². The van der Waals surface area contributed by atoms with Gasteiger partial charge in [-0.3, -0.25) is 9.10 Å². The summed E-state index contributed by atoms with van der Waals surface area (Å²) in [5, 5.41) is 2.78. The van der Waals surface area contributed by atoms with Crippen molar-refractivity contribution >= 4 is 38.4 Å². The minimum atomic E-state index is -3.83. The molecule has 0 bridgehead atoms. The van der Waals surface area contributed by atoms with E-state index in [4.69, 9.17) is 4.42 Å². The monoisotopic (exact) mass is 435 g/mol. The number of para-hydroxylation sites is 1. The van der Waals surface area contributed by atoms with Crippen LogP contribution in [-0.2, 0) is 10.0 Å². The van der Waals surface area contributed by atoms with Crippen molar-refractivity contribution in [1.82, 2.24) is 4.98 Å². The number of aromatic nitrogens is 1. The molecular formula is C23H21N3O4S. The molecule has 0 radical (unpaired) electrons. The van der Waals surface area contributed by atoms with Crippen LogP contribution in [-0.4, -0.2) is 25.9 Å². The van der Waals surface area contributed by atoms with Gasteiger partial charge >= 0.3 is 0 Å². The first-order valence-electron chi connectivity index (χ1n) is 9.75. The van der Waals surface area contributed by atoms with Gasteiger partial charge in [0.25, 0.3) is 15.9 Å². The summed E-state index contributed by atoms with van der Waals surface area (Å²) in [5.41, 5.74) is 2.61. The van der Waals surface area contributed by atoms with E-state index >= 15 is 0 Å². The Morgan fingerprint density at radius 1 is 1.03 bits per heavy atom. The van der Waals surface area contributed by atoms with Gasteiger partial charge in [0.2, 0.25) is 0 Å². The van der Waals surface area contributed by atoms with E-state index in [1.54, 1.807) is 68.4 Å². The van der Waals surface area contributed by atoms with E-state index in [0.29, 0.717) is 28.4 Å². The molecule has 31 heavy (non-hydrogen) atoms. The van der Waals surface area contributed by atoms with Gasteiger partial charge in [-0.25, -0.2) is 13.4 Å². The molecule has 1 heterocycles. The van der Waals surface area contributed by atoms with Gasteiger partial charge in [0.05, 0.1) is 10.6 Å². The first-order valence-corrected chi connectivity index (χ1v) is 11.2. The van der Waals surface area contributed by atoms with Gasteiger partial charge in [-0.05, 0) is 55.5 Å². The van der Waals surface area contributed by atoms with E-state index in [2.05, 4.69) is 10.3 Å². The van der Waals surface area contributed by atoms with Gasteiger partial charge < -0.3 is 9.73 Å². The molecule has 0 unspecified atom stereocenters. The molecule has 0 saturated carbocycles. The molecule has 158 valence electrons. The lowest BCUT2D eigenvalue weighted by atomic mass is 10.2. The standard InChI is InChI=1S/C23H21N3O4S/c1-3-26(19-9-5-4-6-10-19)31(28,29)20-11-7-8-17(14-20)23(27)25-18-12-13-22-21(15-18)24-16(2)30-22/h4-15H,3H2,1-2H3,(H,25,27). The van der Waals surface area contributed by atoms with Gasteiger partial charge in [0, 0.05) is 24.7 Å². The summed E-state index contributed by atoms with van der Waals surface area (Å²) in [7, 11) is -3.83. The Balaban J connectivity index is 1.61. The summed E-state index contributed by atoms with van der Waals surface area (Å²) in [6.07, 6.45) is 0. The molecule has 0 spiro atoms. The number of fused-ring (bicyclic) bond motifs is 1. The van der Waals surface area contributed by atoms with E-state index in [1.165, 1.54) is 16.4 Å². The molecule has 1 aromatic heterocycles. The molecule has 0 atom stereocenters. The van der Waals surface area contributed by atoms with Crippen molar-refractivity contribution < 1.29 is 17.6 Å². The summed E-state index contributed by atoms with van der Waals surface area (Å²) in [6, 6.07) is 20.0. The molecule has 4 aromatic rings. The number of rotatable bonds is 6. The number of sulfonamides is 1. The predicted molar refractivity (Wildman–Crippen MR) is 120 cm³/mol. The van der Waals surface area contributed by atoms with E-state index in [1.807, 2.05) is 6.07 Å². The van der Waals surface area contributed by atoms with Crippen LogP contribution in [0.15, 0.2) is 82.1 Å². The molecular weight excluding hydrogens is 414 g/mol. The Morgan fingerprint density at radius 2 is 1.81 bits per heavy atom. The molecule has 7 nitrogen and oxygen atoms in total. The maximum Gasteiger partial charge on any atom is 0.264 e. The lowest BCUT2D eigenvalue weighted by Crippen LogP contribution is -2.30. The van der Waals surface area contributed by atoms with Crippen LogP contribution in [0, 0.1) is 6.92 Å².